The van der Waals surface area contributed by atoms with Crippen LogP contribution in [0.4, 0.5) is 5.69 Å². The van der Waals surface area contributed by atoms with Crippen LogP contribution < -0.4 is 9.46 Å². The number of nitrogens with one attached hydrogen (secondary N) is 1. The van der Waals surface area contributed by atoms with Crippen molar-refractivity contribution in [3.8, 4) is 5.75 Å². The summed E-state index contributed by atoms with van der Waals surface area (Å²) < 4.78 is 37.9. The van der Waals surface area contributed by atoms with E-state index >= 15 is 0 Å². The fraction of sp³-hybridized carbons (Fsp3) is 0.235. The molecule has 0 aliphatic carbocycles. The maximum absolute atomic E-state index is 12.5. The van der Waals surface area contributed by atoms with E-state index in [9.17, 15) is 13.2 Å². The Morgan fingerprint density at radius 1 is 1.12 bits per heavy atom. The zero-order valence-corrected chi connectivity index (χ0v) is 15.4. The molecule has 1 N–H and O–H groups in total. The summed E-state index contributed by atoms with van der Waals surface area (Å²) in [6.45, 7) is 4.01. The van der Waals surface area contributed by atoms with E-state index in [1.165, 1.54) is 30.3 Å². The van der Waals surface area contributed by atoms with Gasteiger partial charge < -0.3 is 9.47 Å². The van der Waals surface area contributed by atoms with Gasteiger partial charge in [0.2, 0.25) is 0 Å². The van der Waals surface area contributed by atoms with Crippen LogP contribution in [0, 0.1) is 0 Å². The number of halogens is 1. The van der Waals surface area contributed by atoms with Crippen molar-refractivity contribution in [1.29, 1.82) is 0 Å². The molecule has 0 radical (unpaired) electrons. The van der Waals surface area contributed by atoms with Gasteiger partial charge in [0.25, 0.3) is 10.0 Å². The van der Waals surface area contributed by atoms with E-state index in [2.05, 4.69) is 4.72 Å². The standard InChI is InChI=1S/C17H18ClNO5S/c1-3-23-16-10-12(17(20)24-4-2)8-9-15(16)19-25(21,22)14-7-5-6-13(18)11-14/h5-11,19H,3-4H2,1-2H3. The molecule has 25 heavy (non-hydrogen) atoms. The lowest BCUT2D eigenvalue weighted by atomic mass is 10.2. The molecule has 0 heterocycles. The molecule has 0 bridgehead atoms. The van der Waals surface area contributed by atoms with E-state index in [0.717, 1.165) is 0 Å². The van der Waals surface area contributed by atoms with Gasteiger partial charge in [-0.15, -0.1) is 0 Å². The Morgan fingerprint density at radius 3 is 2.52 bits per heavy atom. The lowest BCUT2D eigenvalue weighted by Gasteiger charge is -2.14. The molecule has 2 aromatic rings. The van der Waals surface area contributed by atoms with Crippen molar-refractivity contribution in [2.24, 2.45) is 0 Å². The quantitative estimate of drug-likeness (QED) is 0.737. The molecule has 0 unspecified atom stereocenters. The van der Waals surface area contributed by atoms with E-state index < -0.39 is 16.0 Å². The Labute approximate surface area is 151 Å². The topological polar surface area (TPSA) is 81.7 Å². The van der Waals surface area contributed by atoms with Crippen LogP contribution in [0.2, 0.25) is 5.02 Å². The van der Waals surface area contributed by atoms with Crippen LogP contribution in [0.5, 0.6) is 5.75 Å². The highest BCUT2D eigenvalue weighted by Crippen LogP contribution is 2.29. The lowest BCUT2D eigenvalue weighted by Crippen LogP contribution is -2.14. The SMILES string of the molecule is CCOC(=O)c1ccc(NS(=O)(=O)c2cccc(Cl)c2)c(OCC)c1. The molecule has 2 rings (SSSR count). The van der Waals surface area contributed by atoms with Gasteiger partial charge in [0, 0.05) is 5.02 Å². The molecule has 6 nitrogen and oxygen atoms in total. The van der Waals surface area contributed by atoms with Crippen molar-refractivity contribution in [1.82, 2.24) is 0 Å². The van der Waals surface area contributed by atoms with Gasteiger partial charge in [0.15, 0.2) is 0 Å². The second-order valence-electron chi connectivity index (χ2n) is 4.93. The maximum Gasteiger partial charge on any atom is 0.338 e. The number of ether oxygens (including phenoxy) is 2. The monoisotopic (exact) mass is 383 g/mol. The van der Waals surface area contributed by atoms with Crippen molar-refractivity contribution < 1.29 is 22.7 Å². The first kappa shape index (κ1) is 19.1. The molecule has 0 saturated carbocycles. The minimum absolute atomic E-state index is 0.0249. The van der Waals surface area contributed by atoms with Crippen LogP contribution in [0.1, 0.15) is 24.2 Å². The maximum atomic E-state index is 12.5. The third-order valence-electron chi connectivity index (χ3n) is 3.14. The second kappa shape index (κ2) is 8.22. The first-order valence-electron chi connectivity index (χ1n) is 7.59. The zero-order chi connectivity index (χ0) is 18.4. The highest BCUT2D eigenvalue weighted by atomic mass is 35.5. The molecule has 0 atom stereocenters. The summed E-state index contributed by atoms with van der Waals surface area (Å²) >= 11 is 5.85. The first-order chi connectivity index (χ1) is 11.9. The van der Waals surface area contributed by atoms with E-state index in [1.54, 1.807) is 26.0 Å². The molecule has 0 aliphatic heterocycles. The Morgan fingerprint density at radius 2 is 1.88 bits per heavy atom. The van der Waals surface area contributed by atoms with Gasteiger partial charge in [-0.3, -0.25) is 4.72 Å². The average Bonchev–Trinajstić information content (AvgIpc) is 2.56. The van der Waals surface area contributed by atoms with Crippen molar-refractivity contribution in [3.63, 3.8) is 0 Å². The molecule has 0 fully saturated rings. The summed E-state index contributed by atoms with van der Waals surface area (Å²) in [5, 5.41) is 0.311. The van der Waals surface area contributed by atoms with Crippen LogP contribution in [0.25, 0.3) is 0 Å². The Hall–Kier alpha value is -2.25. The van der Waals surface area contributed by atoms with Crippen LogP contribution in [-0.4, -0.2) is 27.6 Å². The molecule has 0 saturated heterocycles. The van der Waals surface area contributed by atoms with Crippen molar-refractivity contribution in [2.75, 3.05) is 17.9 Å². The van der Waals surface area contributed by atoms with Gasteiger partial charge in [0.1, 0.15) is 5.75 Å². The van der Waals surface area contributed by atoms with Crippen LogP contribution >= 0.6 is 11.6 Å². The molecule has 0 aliphatic rings. The lowest BCUT2D eigenvalue weighted by molar-refractivity contribution is 0.0526. The molecule has 0 amide bonds. The van der Waals surface area contributed by atoms with Crippen LogP contribution in [0.3, 0.4) is 0 Å². The number of carbonyl (C=O) groups excluding carboxylic acids is 1. The predicted octanol–water partition coefficient (Wildman–Crippen LogP) is 3.72. The smallest absolute Gasteiger partial charge is 0.338 e. The van der Waals surface area contributed by atoms with Gasteiger partial charge in [0.05, 0.1) is 29.4 Å². The normalized spacial score (nSPS) is 11.0. The summed E-state index contributed by atoms with van der Waals surface area (Å²) in [7, 11) is -3.85. The van der Waals surface area contributed by atoms with E-state index in [1.807, 2.05) is 0 Å². The van der Waals surface area contributed by atoms with E-state index in [-0.39, 0.29) is 28.5 Å². The molecule has 134 valence electrons. The molecular weight excluding hydrogens is 366 g/mol. The number of hydrogen-bond donors (Lipinski definition) is 1. The van der Waals surface area contributed by atoms with Gasteiger partial charge >= 0.3 is 5.97 Å². The summed E-state index contributed by atoms with van der Waals surface area (Å²) in [4.78, 5) is 11.9. The Balaban J connectivity index is 2.36. The predicted molar refractivity (Wildman–Crippen MR) is 95.8 cm³/mol. The van der Waals surface area contributed by atoms with Crippen LogP contribution in [0.15, 0.2) is 47.4 Å². The van der Waals surface area contributed by atoms with E-state index in [0.29, 0.717) is 11.6 Å². The number of carbonyl (C=O) groups is 1. The third-order valence-corrected chi connectivity index (χ3v) is 4.74. The van der Waals surface area contributed by atoms with Gasteiger partial charge in [-0.05, 0) is 50.2 Å². The number of hydrogen-bond acceptors (Lipinski definition) is 5. The number of benzene rings is 2. The molecule has 0 spiro atoms. The fourth-order valence-corrected chi connectivity index (χ4v) is 3.43. The summed E-state index contributed by atoms with van der Waals surface area (Å²) in [5.41, 5.74) is 0.492. The average molecular weight is 384 g/mol. The first-order valence-corrected chi connectivity index (χ1v) is 9.46. The van der Waals surface area contributed by atoms with Crippen LogP contribution in [-0.2, 0) is 14.8 Å². The fourth-order valence-electron chi connectivity index (χ4n) is 2.06. The van der Waals surface area contributed by atoms with Crippen molar-refractivity contribution in [2.45, 2.75) is 18.7 Å². The largest absolute Gasteiger partial charge is 0.492 e. The summed E-state index contributed by atoms with van der Waals surface area (Å²) in [5.74, 6) is -0.272. The van der Waals surface area contributed by atoms with E-state index in [4.69, 9.17) is 21.1 Å². The van der Waals surface area contributed by atoms with Gasteiger partial charge in [-0.2, -0.15) is 0 Å². The third kappa shape index (κ3) is 4.87. The number of sulfonamides is 1. The highest BCUT2D eigenvalue weighted by molar-refractivity contribution is 7.92. The Kier molecular flexibility index (Phi) is 6.27. The molecule has 8 heteroatoms. The van der Waals surface area contributed by atoms with Gasteiger partial charge in [-0.25, -0.2) is 13.2 Å². The number of esters is 1. The molecule has 2 aromatic carbocycles. The minimum atomic E-state index is -3.85. The summed E-state index contributed by atoms with van der Waals surface area (Å²) in [6, 6.07) is 10.3. The minimum Gasteiger partial charge on any atom is -0.492 e. The number of rotatable bonds is 7. The number of anilines is 1. The Bertz CT molecular complexity index is 867. The van der Waals surface area contributed by atoms with Gasteiger partial charge in [-0.1, -0.05) is 17.7 Å². The zero-order valence-electron chi connectivity index (χ0n) is 13.8. The second-order valence-corrected chi connectivity index (χ2v) is 7.05. The highest BCUT2D eigenvalue weighted by Gasteiger charge is 2.18. The summed E-state index contributed by atoms with van der Waals surface area (Å²) in [6.07, 6.45) is 0. The van der Waals surface area contributed by atoms with Crippen molar-refractivity contribution >= 4 is 33.3 Å². The van der Waals surface area contributed by atoms with Crippen molar-refractivity contribution in [3.05, 3.63) is 53.1 Å². The molecule has 0 aromatic heterocycles. The molecular formula is C17H18ClNO5S.